The molecule has 2 amide bonds. The van der Waals surface area contributed by atoms with Crippen molar-refractivity contribution in [1.29, 1.82) is 0 Å². The molecule has 3 N–H and O–H groups in total. The number of nitrogens with two attached hydrogens (primary N) is 1. The van der Waals surface area contributed by atoms with E-state index in [0.717, 1.165) is 11.3 Å². The number of nitrogens with zero attached hydrogens (tertiary/aromatic N) is 2. The summed E-state index contributed by atoms with van der Waals surface area (Å²) >= 11 is 0. The van der Waals surface area contributed by atoms with E-state index in [2.05, 4.69) is 15.5 Å². The largest absolute Gasteiger partial charge is 0.494 e. The second kappa shape index (κ2) is 9.50. The highest BCUT2D eigenvalue weighted by Gasteiger charge is 2.20. The smallest absolute Gasteiger partial charge is 0.244 e. The Morgan fingerprint density at radius 3 is 2.52 bits per heavy atom. The van der Waals surface area contributed by atoms with E-state index in [0.29, 0.717) is 23.9 Å². The summed E-state index contributed by atoms with van der Waals surface area (Å²) in [6.45, 7) is 2.51. The number of nitrogens with one attached hydrogen (secondary N) is 1. The highest BCUT2D eigenvalue weighted by molar-refractivity contribution is 5.87. The van der Waals surface area contributed by atoms with Crippen LogP contribution in [0, 0.1) is 0 Å². The molecule has 3 aromatic rings. The van der Waals surface area contributed by atoms with E-state index in [4.69, 9.17) is 15.0 Å². The van der Waals surface area contributed by atoms with Crippen molar-refractivity contribution >= 4 is 11.8 Å². The van der Waals surface area contributed by atoms with Gasteiger partial charge in [0.05, 0.1) is 6.61 Å². The fourth-order valence-corrected chi connectivity index (χ4v) is 2.76. The molecule has 1 heterocycles. The van der Waals surface area contributed by atoms with Crippen molar-refractivity contribution in [1.82, 2.24) is 15.5 Å². The number of aromatic nitrogens is 2. The van der Waals surface area contributed by atoms with E-state index in [1.54, 1.807) is 24.3 Å². The summed E-state index contributed by atoms with van der Waals surface area (Å²) < 4.78 is 10.6. The van der Waals surface area contributed by atoms with Crippen LogP contribution in [0.5, 0.6) is 5.75 Å². The van der Waals surface area contributed by atoms with Crippen LogP contribution in [0.25, 0.3) is 11.4 Å². The van der Waals surface area contributed by atoms with Crippen molar-refractivity contribution in [2.24, 2.45) is 5.73 Å². The first-order valence-corrected chi connectivity index (χ1v) is 9.26. The first kappa shape index (κ1) is 20.1. The lowest BCUT2D eigenvalue weighted by Crippen LogP contribution is -2.37. The van der Waals surface area contributed by atoms with Gasteiger partial charge in [0.1, 0.15) is 11.8 Å². The zero-order valence-corrected chi connectivity index (χ0v) is 16.0. The molecule has 1 atom stereocenters. The zero-order chi connectivity index (χ0) is 20.6. The molecule has 0 spiro atoms. The number of hydrogen-bond acceptors (Lipinski definition) is 6. The summed E-state index contributed by atoms with van der Waals surface area (Å²) in [5.41, 5.74) is 6.83. The van der Waals surface area contributed by atoms with E-state index in [-0.39, 0.29) is 18.7 Å². The summed E-state index contributed by atoms with van der Waals surface area (Å²) in [5, 5.41) is 6.59. The molecule has 8 nitrogen and oxygen atoms in total. The standard InChI is InChI=1S/C21H22N4O4/c1-2-28-16-10-8-15(9-11-16)21-24-18(29-25-21)13-12-17(26)23-19(20(22)27)14-6-4-3-5-7-14/h3-11,19H,2,12-13H2,1H3,(H2,22,27)(H,23,26). The second-order valence-electron chi connectivity index (χ2n) is 6.28. The van der Waals surface area contributed by atoms with Gasteiger partial charge in [0.2, 0.25) is 23.5 Å². The maximum Gasteiger partial charge on any atom is 0.244 e. The molecule has 1 unspecified atom stereocenters. The average Bonchev–Trinajstić information content (AvgIpc) is 3.21. The molecule has 0 aliphatic carbocycles. The van der Waals surface area contributed by atoms with Crippen molar-refractivity contribution in [2.45, 2.75) is 25.8 Å². The molecular weight excluding hydrogens is 372 g/mol. The normalized spacial score (nSPS) is 11.6. The van der Waals surface area contributed by atoms with Crippen molar-refractivity contribution in [3.05, 3.63) is 66.1 Å². The number of rotatable bonds is 9. The van der Waals surface area contributed by atoms with Gasteiger partial charge >= 0.3 is 0 Å². The fourth-order valence-electron chi connectivity index (χ4n) is 2.76. The number of carbonyl (C=O) groups is 2. The van der Waals surface area contributed by atoms with Gasteiger partial charge in [-0.3, -0.25) is 9.59 Å². The van der Waals surface area contributed by atoms with Gasteiger partial charge in [-0.05, 0) is 36.8 Å². The summed E-state index contributed by atoms with van der Waals surface area (Å²) in [7, 11) is 0. The Morgan fingerprint density at radius 1 is 1.14 bits per heavy atom. The predicted octanol–water partition coefficient (Wildman–Crippen LogP) is 2.41. The number of benzene rings is 2. The Hall–Kier alpha value is -3.68. The van der Waals surface area contributed by atoms with Crippen LogP contribution < -0.4 is 15.8 Å². The maximum atomic E-state index is 12.3. The van der Waals surface area contributed by atoms with Crippen LogP contribution in [-0.2, 0) is 16.0 Å². The summed E-state index contributed by atoms with van der Waals surface area (Å²) in [4.78, 5) is 28.3. The van der Waals surface area contributed by atoms with Gasteiger partial charge in [0.15, 0.2) is 0 Å². The molecule has 0 fully saturated rings. The van der Waals surface area contributed by atoms with Crippen molar-refractivity contribution in [3.8, 4) is 17.1 Å². The van der Waals surface area contributed by atoms with Gasteiger partial charge in [-0.25, -0.2) is 0 Å². The minimum absolute atomic E-state index is 0.0848. The van der Waals surface area contributed by atoms with Gasteiger partial charge in [0, 0.05) is 18.4 Å². The minimum atomic E-state index is -0.884. The Balaban J connectivity index is 1.57. The molecule has 2 aromatic carbocycles. The van der Waals surface area contributed by atoms with Crippen molar-refractivity contribution in [3.63, 3.8) is 0 Å². The molecule has 0 saturated carbocycles. The Labute approximate surface area is 168 Å². The number of amides is 2. The van der Waals surface area contributed by atoms with E-state index >= 15 is 0 Å². The molecule has 3 rings (SSSR count). The van der Waals surface area contributed by atoms with Crippen LogP contribution in [-0.4, -0.2) is 28.6 Å². The van der Waals surface area contributed by atoms with E-state index < -0.39 is 11.9 Å². The van der Waals surface area contributed by atoms with Gasteiger partial charge in [-0.2, -0.15) is 4.98 Å². The van der Waals surface area contributed by atoms with E-state index in [1.807, 2.05) is 37.3 Å². The molecule has 8 heteroatoms. The van der Waals surface area contributed by atoms with Crippen molar-refractivity contribution < 1.29 is 18.8 Å². The Morgan fingerprint density at radius 2 is 1.86 bits per heavy atom. The lowest BCUT2D eigenvalue weighted by molar-refractivity contribution is -0.127. The molecular formula is C21H22N4O4. The number of carbonyl (C=O) groups excluding carboxylic acids is 2. The van der Waals surface area contributed by atoms with Crippen LogP contribution in [0.2, 0.25) is 0 Å². The van der Waals surface area contributed by atoms with Crippen LogP contribution in [0.3, 0.4) is 0 Å². The van der Waals surface area contributed by atoms with Crippen LogP contribution >= 0.6 is 0 Å². The molecule has 150 valence electrons. The van der Waals surface area contributed by atoms with E-state index in [1.165, 1.54) is 0 Å². The highest BCUT2D eigenvalue weighted by atomic mass is 16.5. The minimum Gasteiger partial charge on any atom is -0.494 e. The number of aryl methyl sites for hydroxylation is 1. The third-order valence-electron chi connectivity index (χ3n) is 4.18. The van der Waals surface area contributed by atoms with Gasteiger partial charge in [-0.15, -0.1) is 0 Å². The average molecular weight is 394 g/mol. The predicted molar refractivity (Wildman–Crippen MR) is 106 cm³/mol. The molecule has 0 aliphatic heterocycles. The van der Waals surface area contributed by atoms with E-state index in [9.17, 15) is 9.59 Å². The first-order valence-electron chi connectivity index (χ1n) is 9.26. The zero-order valence-electron chi connectivity index (χ0n) is 16.0. The van der Waals surface area contributed by atoms with Crippen molar-refractivity contribution in [2.75, 3.05) is 6.61 Å². The maximum absolute atomic E-state index is 12.3. The first-order chi connectivity index (χ1) is 14.1. The molecule has 0 aliphatic rings. The third kappa shape index (κ3) is 5.41. The third-order valence-corrected chi connectivity index (χ3v) is 4.18. The Kier molecular flexibility index (Phi) is 6.57. The summed E-state index contributed by atoms with van der Waals surface area (Å²) in [6.07, 6.45) is 0.331. The lowest BCUT2D eigenvalue weighted by Gasteiger charge is -2.15. The topological polar surface area (TPSA) is 120 Å². The molecule has 1 aromatic heterocycles. The molecule has 0 bridgehead atoms. The number of hydrogen-bond donors (Lipinski definition) is 2. The van der Waals surface area contributed by atoms with Gasteiger partial charge in [-0.1, -0.05) is 35.5 Å². The quantitative estimate of drug-likeness (QED) is 0.575. The Bertz CT molecular complexity index is 954. The lowest BCUT2D eigenvalue weighted by atomic mass is 10.1. The molecule has 29 heavy (non-hydrogen) atoms. The van der Waals surface area contributed by atoms with Crippen LogP contribution in [0.15, 0.2) is 59.1 Å². The second-order valence-corrected chi connectivity index (χ2v) is 6.28. The summed E-state index contributed by atoms with van der Waals surface area (Å²) in [6, 6.07) is 15.3. The number of ether oxygens (including phenoxy) is 1. The van der Waals surface area contributed by atoms with Gasteiger partial charge in [0.25, 0.3) is 0 Å². The number of primary amides is 1. The summed E-state index contributed by atoms with van der Waals surface area (Å²) in [5.74, 6) is 0.569. The highest BCUT2D eigenvalue weighted by Crippen LogP contribution is 2.20. The fraction of sp³-hybridized carbons (Fsp3) is 0.238. The molecule has 0 saturated heterocycles. The SMILES string of the molecule is CCOc1ccc(-c2noc(CCC(=O)NC(C(N)=O)c3ccccc3)n2)cc1. The van der Waals surface area contributed by atoms with Crippen LogP contribution in [0.1, 0.15) is 30.8 Å². The monoisotopic (exact) mass is 394 g/mol. The molecule has 0 radical (unpaired) electrons. The van der Waals surface area contributed by atoms with Crippen LogP contribution in [0.4, 0.5) is 0 Å². The van der Waals surface area contributed by atoms with Gasteiger partial charge < -0.3 is 20.3 Å².